The van der Waals surface area contributed by atoms with Crippen molar-refractivity contribution < 1.29 is 39.0 Å². The molecule has 43 heavy (non-hydrogen) atoms. The van der Waals surface area contributed by atoms with Gasteiger partial charge in [-0.1, -0.05) is 69.7 Å². The Balaban J connectivity index is 1.55. The van der Waals surface area contributed by atoms with Crippen LogP contribution in [0.2, 0.25) is 0 Å². The number of rotatable bonds is 6. The van der Waals surface area contributed by atoms with Gasteiger partial charge in [-0.05, 0) is 49.1 Å². The van der Waals surface area contributed by atoms with E-state index in [0.29, 0.717) is 5.56 Å². The molecule has 0 saturated heterocycles. The molecule has 6 atom stereocenters. The van der Waals surface area contributed by atoms with E-state index in [4.69, 9.17) is 0 Å². The van der Waals surface area contributed by atoms with Crippen molar-refractivity contribution in [2.24, 2.45) is 34.5 Å². The summed E-state index contributed by atoms with van der Waals surface area (Å²) in [7, 11) is 0. The minimum absolute atomic E-state index is 0.000583. The third kappa shape index (κ3) is 4.36. The van der Waals surface area contributed by atoms with Crippen molar-refractivity contribution in [1.29, 1.82) is 0 Å². The highest BCUT2D eigenvalue weighted by Gasteiger charge is 2.76. The number of phenols is 1. The Bertz CT molecular complexity index is 1600. The monoisotopic (exact) mass is 586 g/mol. The van der Waals surface area contributed by atoms with Gasteiger partial charge in [-0.25, -0.2) is 0 Å². The van der Waals surface area contributed by atoms with Crippen molar-refractivity contribution in [3.8, 4) is 5.75 Å². The summed E-state index contributed by atoms with van der Waals surface area (Å²) in [4.78, 5) is 81.2. The van der Waals surface area contributed by atoms with Crippen molar-refractivity contribution in [3.05, 3.63) is 64.2 Å². The molecule has 0 spiro atoms. The second-order valence-corrected chi connectivity index (χ2v) is 13.8. The van der Waals surface area contributed by atoms with Gasteiger partial charge >= 0.3 is 0 Å². The summed E-state index contributed by atoms with van der Waals surface area (Å²) in [6, 6.07) is 10.8. The molecule has 8 nitrogen and oxygen atoms in total. The first kappa shape index (κ1) is 30.7. The van der Waals surface area contributed by atoms with Crippen LogP contribution in [0.3, 0.4) is 0 Å². The standard InChI is InChI=1S/C35H38O8/c1-17(2)26-29(39)24(19(4)36)31(41)35(43)32(42)27-30(40)25-22(15-33(27,5)16-34(26,35)6)12-11-21(28(25)38)14-23(37)13-20-9-7-18(3)8-10-20/h7-12,17,24,26-27,38,43H,13-16H2,1-6H3/t24?,26?,27?,33-,34-,35+/m1/s1. The van der Waals surface area contributed by atoms with Crippen LogP contribution in [-0.4, -0.2) is 50.5 Å². The van der Waals surface area contributed by atoms with Crippen LogP contribution in [0.1, 0.15) is 73.7 Å². The molecule has 2 fully saturated rings. The van der Waals surface area contributed by atoms with E-state index < -0.39 is 69.0 Å². The minimum atomic E-state index is -2.74. The minimum Gasteiger partial charge on any atom is -0.507 e. The number of carbonyl (C=O) groups excluding carboxylic acids is 6. The van der Waals surface area contributed by atoms with Crippen LogP contribution in [0.15, 0.2) is 36.4 Å². The van der Waals surface area contributed by atoms with Crippen molar-refractivity contribution >= 4 is 34.7 Å². The van der Waals surface area contributed by atoms with Gasteiger partial charge in [-0.15, -0.1) is 0 Å². The summed E-state index contributed by atoms with van der Waals surface area (Å²) < 4.78 is 0. The second-order valence-electron chi connectivity index (χ2n) is 13.8. The van der Waals surface area contributed by atoms with Gasteiger partial charge in [-0.3, -0.25) is 28.8 Å². The zero-order valence-electron chi connectivity index (χ0n) is 25.4. The fraction of sp³-hybridized carbons (Fsp3) is 0.486. The number of ketones is 6. The molecule has 0 bridgehead atoms. The molecule has 3 aliphatic carbocycles. The third-order valence-electron chi connectivity index (χ3n) is 10.2. The molecular weight excluding hydrogens is 548 g/mol. The van der Waals surface area contributed by atoms with E-state index in [1.165, 1.54) is 0 Å². The average Bonchev–Trinajstić information content (AvgIpc) is 2.88. The van der Waals surface area contributed by atoms with E-state index in [0.717, 1.165) is 18.1 Å². The number of aromatic hydroxyl groups is 1. The maximum atomic E-state index is 14.4. The first-order chi connectivity index (χ1) is 20.0. The predicted molar refractivity (Wildman–Crippen MR) is 157 cm³/mol. The van der Waals surface area contributed by atoms with Crippen molar-refractivity contribution in [1.82, 2.24) is 0 Å². The number of fused-ring (bicyclic) bond motifs is 3. The predicted octanol–water partition coefficient (Wildman–Crippen LogP) is 3.76. The summed E-state index contributed by atoms with van der Waals surface area (Å²) in [6.45, 7) is 9.82. The van der Waals surface area contributed by atoms with Crippen LogP contribution in [0, 0.1) is 41.4 Å². The molecule has 8 heteroatoms. The molecule has 0 amide bonds. The highest BCUT2D eigenvalue weighted by Crippen LogP contribution is 2.63. The molecule has 2 aromatic carbocycles. The van der Waals surface area contributed by atoms with Crippen LogP contribution < -0.4 is 0 Å². The molecule has 3 aliphatic rings. The number of Topliss-reactive ketones (excluding diaryl/α,β-unsaturated/α-hetero) is 6. The second kappa shape index (κ2) is 10.2. The SMILES string of the molecule is CC(=O)C1C(=O)C(C(C)C)[C@@]2(C)C[C@@]3(C)Cc4ccc(CC(=O)Cc5ccc(C)cc5)c(O)c4C(=O)C3C(=O)[C@@]2(O)C1=O. The first-order valence-electron chi connectivity index (χ1n) is 14.8. The zero-order chi connectivity index (χ0) is 31.8. The third-order valence-corrected chi connectivity index (χ3v) is 10.2. The topological polar surface area (TPSA) is 143 Å². The van der Waals surface area contributed by atoms with Gasteiger partial charge in [0.25, 0.3) is 0 Å². The number of hydrogen-bond acceptors (Lipinski definition) is 8. The van der Waals surface area contributed by atoms with E-state index in [1.54, 1.807) is 39.8 Å². The number of benzene rings is 2. The van der Waals surface area contributed by atoms with Crippen LogP contribution in [0.4, 0.5) is 0 Å². The smallest absolute Gasteiger partial charge is 0.190 e. The Morgan fingerprint density at radius 1 is 0.953 bits per heavy atom. The van der Waals surface area contributed by atoms with Crippen LogP contribution in [0.25, 0.3) is 0 Å². The summed E-state index contributed by atoms with van der Waals surface area (Å²) in [5.74, 6) is -9.50. The molecule has 0 aliphatic heterocycles. The van der Waals surface area contributed by atoms with Crippen LogP contribution in [-0.2, 0) is 43.2 Å². The van der Waals surface area contributed by atoms with E-state index in [2.05, 4.69) is 0 Å². The van der Waals surface area contributed by atoms with E-state index in [9.17, 15) is 39.0 Å². The first-order valence-corrected chi connectivity index (χ1v) is 14.8. The highest BCUT2D eigenvalue weighted by molar-refractivity contribution is 6.32. The van der Waals surface area contributed by atoms with Gasteiger partial charge in [0.05, 0.1) is 11.5 Å². The van der Waals surface area contributed by atoms with Crippen molar-refractivity contribution in [2.75, 3.05) is 0 Å². The van der Waals surface area contributed by atoms with Gasteiger partial charge in [0.15, 0.2) is 28.7 Å². The summed E-state index contributed by atoms with van der Waals surface area (Å²) in [6.07, 6.45) is 0.186. The lowest BCUT2D eigenvalue weighted by Crippen LogP contribution is -2.76. The Morgan fingerprint density at radius 2 is 1.58 bits per heavy atom. The van der Waals surface area contributed by atoms with Gasteiger partial charge in [-0.2, -0.15) is 0 Å². The van der Waals surface area contributed by atoms with E-state index in [1.807, 2.05) is 31.2 Å². The Hall–Kier alpha value is -3.78. The summed E-state index contributed by atoms with van der Waals surface area (Å²) in [5, 5.41) is 23.4. The molecule has 0 aromatic heterocycles. The molecule has 2 saturated carbocycles. The number of carbonyl (C=O) groups is 6. The van der Waals surface area contributed by atoms with Gasteiger partial charge in [0.2, 0.25) is 0 Å². The van der Waals surface area contributed by atoms with Gasteiger partial charge in [0.1, 0.15) is 23.2 Å². The molecule has 3 unspecified atom stereocenters. The van der Waals surface area contributed by atoms with Gasteiger partial charge < -0.3 is 10.2 Å². The lowest BCUT2D eigenvalue weighted by molar-refractivity contribution is -0.205. The highest BCUT2D eigenvalue weighted by atomic mass is 16.3. The van der Waals surface area contributed by atoms with E-state index in [-0.39, 0.29) is 48.3 Å². The van der Waals surface area contributed by atoms with Crippen LogP contribution >= 0.6 is 0 Å². The fourth-order valence-electron chi connectivity index (χ4n) is 8.52. The Labute approximate surface area is 250 Å². The molecule has 0 radical (unpaired) electrons. The largest absolute Gasteiger partial charge is 0.507 e. The number of aliphatic hydroxyl groups is 1. The van der Waals surface area contributed by atoms with Crippen LogP contribution in [0.5, 0.6) is 5.75 Å². The number of aryl methyl sites for hydroxylation is 1. The average molecular weight is 587 g/mol. The summed E-state index contributed by atoms with van der Waals surface area (Å²) >= 11 is 0. The molecule has 2 aromatic rings. The molecule has 2 N–H and O–H groups in total. The lowest BCUT2D eigenvalue weighted by Gasteiger charge is -2.61. The Kier molecular flexibility index (Phi) is 7.24. The van der Waals surface area contributed by atoms with E-state index >= 15 is 0 Å². The lowest BCUT2D eigenvalue weighted by atomic mass is 9.40. The van der Waals surface area contributed by atoms with Crippen molar-refractivity contribution in [2.45, 2.75) is 72.8 Å². The zero-order valence-corrected chi connectivity index (χ0v) is 25.4. The molecular formula is C35H38O8. The number of hydrogen-bond donors (Lipinski definition) is 2. The molecule has 0 heterocycles. The Morgan fingerprint density at radius 3 is 2.16 bits per heavy atom. The quantitative estimate of drug-likeness (QED) is 0.487. The number of phenolic OH excluding ortho intramolecular Hbond substituents is 1. The molecule has 5 rings (SSSR count). The normalized spacial score (nSPS) is 31.9. The summed E-state index contributed by atoms with van der Waals surface area (Å²) in [5.41, 5.74) is -2.82. The molecule has 226 valence electrons. The fourth-order valence-corrected chi connectivity index (χ4v) is 8.52. The maximum absolute atomic E-state index is 14.4. The van der Waals surface area contributed by atoms with Gasteiger partial charge in [0, 0.05) is 29.7 Å². The maximum Gasteiger partial charge on any atom is 0.190 e. The van der Waals surface area contributed by atoms with Crippen molar-refractivity contribution in [3.63, 3.8) is 0 Å².